The van der Waals surface area contributed by atoms with Crippen LogP contribution in [0.5, 0.6) is 5.75 Å². The van der Waals surface area contributed by atoms with Crippen molar-refractivity contribution in [2.75, 3.05) is 6.61 Å². The van der Waals surface area contributed by atoms with E-state index in [-0.39, 0.29) is 16.2 Å². The van der Waals surface area contributed by atoms with Gasteiger partial charge in [0.05, 0.1) is 18.4 Å². The summed E-state index contributed by atoms with van der Waals surface area (Å²) in [5.74, 6) is -0.0381. The number of benzene rings is 1. The number of furan rings is 1. The monoisotopic (exact) mass is 402 g/mol. The molecule has 0 atom stereocenters. The Labute approximate surface area is 142 Å². The van der Waals surface area contributed by atoms with E-state index in [0.29, 0.717) is 16.8 Å². The Hall–Kier alpha value is -1.84. The second-order valence-electron chi connectivity index (χ2n) is 4.47. The van der Waals surface area contributed by atoms with Crippen molar-refractivity contribution in [3.05, 3.63) is 46.3 Å². The van der Waals surface area contributed by atoms with Gasteiger partial charge in [-0.25, -0.2) is 8.42 Å². The van der Waals surface area contributed by atoms with Crippen molar-refractivity contribution in [2.45, 2.75) is 18.7 Å². The third-order valence-electron chi connectivity index (χ3n) is 2.90. The molecule has 0 aliphatic heterocycles. The molecular weight excluding hydrogens is 388 g/mol. The number of aryl methyl sites for hydroxylation is 1. The Balaban J connectivity index is 2.21. The average molecular weight is 403 g/mol. The minimum Gasteiger partial charge on any atom is -0.492 e. The number of rotatable bonds is 6. The van der Waals surface area contributed by atoms with Gasteiger partial charge in [0.1, 0.15) is 16.4 Å². The van der Waals surface area contributed by atoms with Crippen molar-refractivity contribution in [1.82, 2.24) is 10.3 Å². The quantitative estimate of drug-likeness (QED) is 0.722. The van der Waals surface area contributed by atoms with Gasteiger partial charge in [-0.05, 0) is 38.1 Å². The van der Waals surface area contributed by atoms with Gasteiger partial charge in [0, 0.05) is 4.47 Å². The number of amides is 1. The highest BCUT2D eigenvalue weighted by Crippen LogP contribution is 2.27. The maximum atomic E-state index is 12.4. The Morgan fingerprint density at radius 1 is 1.35 bits per heavy atom. The number of hydrazine groups is 1. The number of hydrogen-bond donors (Lipinski definition) is 2. The number of nitrogens with one attached hydrogen (secondary N) is 2. The van der Waals surface area contributed by atoms with Gasteiger partial charge in [-0.2, -0.15) is 0 Å². The number of sulfonamides is 1. The molecule has 0 saturated carbocycles. The van der Waals surface area contributed by atoms with Crippen LogP contribution in [0.25, 0.3) is 0 Å². The molecule has 7 nitrogen and oxygen atoms in total. The molecule has 2 N–H and O–H groups in total. The first kappa shape index (κ1) is 17.5. The van der Waals surface area contributed by atoms with Gasteiger partial charge in [-0.15, -0.1) is 4.83 Å². The van der Waals surface area contributed by atoms with Crippen LogP contribution in [-0.4, -0.2) is 20.9 Å². The fourth-order valence-electron chi connectivity index (χ4n) is 1.82. The van der Waals surface area contributed by atoms with Crippen LogP contribution in [0.2, 0.25) is 0 Å². The lowest BCUT2D eigenvalue weighted by atomic mass is 10.2. The first-order valence-electron chi connectivity index (χ1n) is 6.63. The van der Waals surface area contributed by atoms with Crippen molar-refractivity contribution < 1.29 is 22.4 Å². The topological polar surface area (TPSA) is 97.6 Å². The predicted molar refractivity (Wildman–Crippen MR) is 86.5 cm³/mol. The van der Waals surface area contributed by atoms with Crippen molar-refractivity contribution >= 4 is 31.9 Å². The van der Waals surface area contributed by atoms with Crippen LogP contribution in [0.1, 0.15) is 23.0 Å². The summed E-state index contributed by atoms with van der Waals surface area (Å²) in [5.41, 5.74) is 2.39. The van der Waals surface area contributed by atoms with E-state index in [0.717, 1.165) is 0 Å². The number of ether oxygens (including phenoxy) is 1. The molecule has 2 aromatic rings. The lowest BCUT2D eigenvalue weighted by Gasteiger charge is -2.12. The maximum Gasteiger partial charge on any atom is 0.269 e. The predicted octanol–water partition coefficient (Wildman–Crippen LogP) is 2.37. The molecule has 1 aromatic heterocycles. The van der Waals surface area contributed by atoms with E-state index in [1.54, 1.807) is 19.9 Å². The highest BCUT2D eigenvalue weighted by atomic mass is 79.9. The molecule has 0 radical (unpaired) electrons. The number of carbonyl (C=O) groups excluding carboxylic acids is 1. The molecule has 0 aliphatic rings. The lowest BCUT2D eigenvalue weighted by Crippen LogP contribution is -2.41. The third kappa shape index (κ3) is 4.12. The summed E-state index contributed by atoms with van der Waals surface area (Å²) in [6.07, 6.45) is 1.35. The molecule has 0 aliphatic carbocycles. The zero-order valence-electron chi connectivity index (χ0n) is 12.4. The van der Waals surface area contributed by atoms with Crippen molar-refractivity contribution in [3.8, 4) is 5.75 Å². The molecule has 124 valence electrons. The number of halogens is 1. The zero-order chi connectivity index (χ0) is 17.0. The first-order valence-corrected chi connectivity index (χ1v) is 8.91. The Morgan fingerprint density at radius 2 is 2.09 bits per heavy atom. The summed E-state index contributed by atoms with van der Waals surface area (Å²) in [7, 11) is -4.00. The van der Waals surface area contributed by atoms with Gasteiger partial charge in [-0.1, -0.05) is 15.9 Å². The molecule has 0 fully saturated rings. The second-order valence-corrected chi connectivity index (χ2v) is 7.04. The summed E-state index contributed by atoms with van der Waals surface area (Å²) < 4.78 is 35.7. The minimum absolute atomic E-state index is 0.0852. The van der Waals surface area contributed by atoms with Crippen LogP contribution >= 0.6 is 15.9 Å². The standard InChI is InChI=1S/C14H15BrN2O5S/c1-3-21-12-5-4-10(15)8-13(12)23(19,20)17-16-14(18)11-6-7-22-9(11)2/h4-8,17H,3H2,1-2H3,(H,16,18). The van der Waals surface area contributed by atoms with E-state index < -0.39 is 15.9 Å². The van der Waals surface area contributed by atoms with E-state index in [1.165, 1.54) is 24.5 Å². The molecular formula is C14H15BrN2O5S. The Morgan fingerprint density at radius 3 is 2.70 bits per heavy atom. The maximum absolute atomic E-state index is 12.4. The largest absolute Gasteiger partial charge is 0.492 e. The van der Waals surface area contributed by atoms with Crippen LogP contribution in [0.3, 0.4) is 0 Å². The number of carbonyl (C=O) groups is 1. The van der Waals surface area contributed by atoms with Gasteiger partial charge in [0.25, 0.3) is 15.9 Å². The molecule has 1 heterocycles. The average Bonchev–Trinajstić information content (AvgIpc) is 2.93. The van der Waals surface area contributed by atoms with Crippen LogP contribution in [0, 0.1) is 6.92 Å². The summed E-state index contributed by atoms with van der Waals surface area (Å²) in [6.45, 7) is 3.66. The van der Waals surface area contributed by atoms with Gasteiger partial charge >= 0.3 is 0 Å². The van der Waals surface area contributed by atoms with Crippen LogP contribution in [-0.2, 0) is 10.0 Å². The smallest absolute Gasteiger partial charge is 0.269 e. The van der Waals surface area contributed by atoms with Crippen molar-refractivity contribution in [2.24, 2.45) is 0 Å². The summed E-state index contributed by atoms with van der Waals surface area (Å²) in [4.78, 5) is 13.9. The first-order chi connectivity index (χ1) is 10.8. The Bertz CT molecular complexity index is 816. The third-order valence-corrected chi connectivity index (χ3v) is 4.66. The summed E-state index contributed by atoms with van der Waals surface area (Å²) in [6, 6.07) is 6.04. The highest BCUT2D eigenvalue weighted by molar-refractivity contribution is 9.10. The molecule has 2 rings (SSSR count). The lowest BCUT2D eigenvalue weighted by molar-refractivity contribution is 0.0943. The van der Waals surface area contributed by atoms with Crippen molar-refractivity contribution in [3.63, 3.8) is 0 Å². The SMILES string of the molecule is CCOc1ccc(Br)cc1S(=O)(=O)NNC(=O)c1ccoc1C. The molecule has 0 unspecified atom stereocenters. The second kappa shape index (κ2) is 7.16. The number of hydrogen-bond acceptors (Lipinski definition) is 5. The summed E-state index contributed by atoms with van der Waals surface area (Å²) in [5, 5.41) is 0. The normalized spacial score (nSPS) is 11.3. The van der Waals surface area contributed by atoms with E-state index in [2.05, 4.69) is 21.4 Å². The fourth-order valence-corrected chi connectivity index (χ4v) is 3.35. The molecule has 23 heavy (non-hydrogen) atoms. The van der Waals surface area contributed by atoms with E-state index >= 15 is 0 Å². The van der Waals surface area contributed by atoms with E-state index in [1.807, 2.05) is 4.83 Å². The molecule has 0 saturated heterocycles. The van der Waals surface area contributed by atoms with Gasteiger partial charge < -0.3 is 9.15 Å². The van der Waals surface area contributed by atoms with Crippen LogP contribution in [0.15, 0.2) is 44.3 Å². The summed E-state index contributed by atoms with van der Waals surface area (Å²) >= 11 is 3.21. The van der Waals surface area contributed by atoms with Gasteiger partial charge in [0.15, 0.2) is 0 Å². The zero-order valence-corrected chi connectivity index (χ0v) is 14.8. The van der Waals surface area contributed by atoms with Crippen LogP contribution in [0.4, 0.5) is 0 Å². The molecule has 0 spiro atoms. The van der Waals surface area contributed by atoms with Crippen LogP contribution < -0.4 is 15.0 Å². The minimum atomic E-state index is -4.00. The van der Waals surface area contributed by atoms with Crippen molar-refractivity contribution in [1.29, 1.82) is 0 Å². The molecule has 1 amide bonds. The molecule has 0 bridgehead atoms. The van der Waals surface area contributed by atoms with E-state index in [9.17, 15) is 13.2 Å². The molecule has 1 aromatic carbocycles. The van der Waals surface area contributed by atoms with Gasteiger partial charge in [0.2, 0.25) is 0 Å². The van der Waals surface area contributed by atoms with E-state index in [4.69, 9.17) is 9.15 Å². The van der Waals surface area contributed by atoms with Gasteiger partial charge in [-0.3, -0.25) is 10.2 Å². The Kier molecular flexibility index (Phi) is 5.45. The fraction of sp³-hybridized carbons (Fsp3) is 0.214. The highest BCUT2D eigenvalue weighted by Gasteiger charge is 2.22. The molecule has 9 heteroatoms.